The number of rotatable bonds is 10. The van der Waals surface area contributed by atoms with E-state index >= 15 is 0 Å². The number of carbonyl (C=O) groups excluding carboxylic acids is 1. The van der Waals surface area contributed by atoms with Gasteiger partial charge in [-0.3, -0.25) is 6.29 Å². The van der Waals surface area contributed by atoms with Gasteiger partial charge in [0.15, 0.2) is 33.6 Å². The second kappa shape index (κ2) is 12.5. The summed E-state index contributed by atoms with van der Waals surface area (Å²) in [6.07, 6.45) is 5.36. The molecular weight excluding hydrogens is 674 g/mol. The standard InChI is InChI=1S/C19H19BrN5O4S.H2O.W/c20-12-8-13-14(29-11-28-13)9-15(12)30-19-24-16-17(21)22-10-23-18(16)25(19)4-7-27-6-3-1-2-5-26;;/h8-10H,1-4,6-7,11H2,(H2,21,22,23);1H2;/q-1;;. The molecule has 172 valence electrons. The van der Waals surface area contributed by atoms with Gasteiger partial charge >= 0.3 is 0 Å². The fourth-order valence-corrected chi connectivity index (χ4v) is 4.46. The van der Waals surface area contributed by atoms with Crippen molar-refractivity contribution in [2.24, 2.45) is 0 Å². The van der Waals surface area contributed by atoms with E-state index in [1.54, 1.807) is 0 Å². The molecule has 1 aromatic carbocycles. The van der Waals surface area contributed by atoms with Crippen LogP contribution in [0, 0.1) is 0 Å². The molecule has 32 heavy (non-hydrogen) atoms. The minimum absolute atomic E-state index is 0. The molecule has 3 aromatic rings. The Morgan fingerprint density at radius 3 is 2.78 bits per heavy atom. The van der Waals surface area contributed by atoms with Crippen LogP contribution in [0.2, 0.25) is 0 Å². The Hall–Kier alpha value is -1.72. The molecule has 0 unspecified atom stereocenters. The van der Waals surface area contributed by atoms with Gasteiger partial charge in [0.1, 0.15) is 6.33 Å². The molecule has 2 aromatic heterocycles. The van der Waals surface area contributed by atoms with Gasteiger partial charge in [-0.25, -0.2) is 15.0 Å². The van der Waals surface area contributed by atoms with Crippen LogP contribution in [0.3, 0.4) is 0 Å². The first kappa shape index (κ1) is 26.5. The average molecular weight is 695 g/mol. The van der Waals surface area contributed by atoms with E-state index in [0.29, 0.717) is 54.7 Å². The predicted molar refractivity (Wildman–Crippen MR) is 118 cm³/mol. The van der Waals surface area contributed by atoms with Crippen LogP contribution < -0.4 is 15.2 Å². The van der Waals surface area contributed by atoms with Crippen LogP contribution >= 0.6 is 27.7 Å². The van der Waals surface area contributed by atoms with Gasteiger partial charge in [0.2, 0.25) is 6.79 Å². The summed E-state index contributed by atoms with van der Waals surface area (Å²) in [6.45, 7) is 1.83. The second-order valence-electron chi connectivity index (χ2n) is 6.43. The number of fused-ring (bicyclic) bond motifs is 2. The first-order valence-corrected chi connectivity index (χ1v) is 10.9. The van der Waals surface area contributed by atoms with Gasteiger partial charge in [0.05, 0.1) is 13.2 Å². The molecule has 0 amide bonds. The first-order chi connectivity index (χ1) is 14.7. The van der Waals surface area contributed by atoms with Crippen LogP contribution in [0.5, 0.6) is 11.5 Å². The minimum Gasteiger partial charge on any atom is -0.542 e. The smallest absolute Gasteiger partial charge is 0.231 e. The average Bonchev–Trinajstić information content (AvgIpc) is 3.32. The van der Waals surface area contributed by atoms with E-state index in [2.05, 4.69) is 30.9 Å². The molecule has 0 fully saturated rings. The zero-order valence-electron chi connectivity index (χ0n) is 16.9. The summed E-state index contributed by atoms with van der Waals surface area (Å²) in [5.74, 6) is 1.73. The summed E-state index contributed by atoms with van der Waals surface area (Å²) in [5.41, 5.74) is 7.22. The minimum atomic E-state index is 0. The van der Waals surface area contributed by atoms with E-state index in [4.69, 9.17) is 19.9 Å². The molecule has 0 saturated carbocycles. The first-order valence-electron chi connectivity index (χ1n) is 9.34. The third-order valence-electron chi connectivity index (χ3n) is 4.43. The van der Waals surface area contributed by atoms with Gasteiger partial charge in [0.25, 0.3) is 0 Å². The molecule has 10 nitrogen and oxygen atoms in total. The van der Waals surface area contributed by atoms with Crippen molar-refractivity contribution in [3.8, 4) is 11.5 Å². The van der Waals surface area contributed by atoms with Crippen LogP contribution in [-0.4, -0.2) is 51.3 Å². The van der Waals surface area contributed by atoms with Crippen LogP contribution in [-0.2, 0) is 37.1 Å². The summed E-state index contributed by atoms with van der Waals surface area (Å²) in [4.78, 5) is 24.3. The Labute approximate surface area is 211 Å². The van der Waals surface area contributed by atoms with Crippen LogP contribution in [0.1, 0.15) is 19.3 Å². The molecule has 13 heteroatoms. The quantitative estimate of drug-likeness (QED) is 0.250. The van der Waals surface area contributed by atoms with E-state index in [9.17, 15) is 4.79 Å². The number of imidazole rings is 1. The van der Waals surface area contributed by atoms with E-state index in [0.717, 1.165) is 27.4 Å². The molecule has 0 atom stereocenters. The molecule has 1 aliphatic rings. The fraction of sp³-hybridized carbons (Fsp3) is 0.368. The van der Waals surface area contributed by atoms with E-state index in [1.165, 1.54) is 18.1 Å². The molecule has 1 aliphatic heterocycles. The number of ether oxygens (including phenoxy) is 3. The largest absolute Gasteiger partial charge is 0.542 e. The molecule has 4 rings (SSSR count). The molecule has 0 aliphatic carbocycles. The number of halogens is 1. The Morgan fingerprint density at radius 2 is 2.00 bits per heavy atom. The summed E-state index contributed by atoms with van der Waals surface area (Å²) >= 11 is 5.05. The van der Waals surface area contributed by atoms with Crippen molar-refractivity contribution >= 4 is 51.0 Å². The third kappa shape index (κ3) is 5.99. The zero-order chi connectivity index (χ0) is 20.9. The fourth-order valence-electron chi connectivity index (χ4n) is 2.95. The van der Waals surface area contributed by atoms with Crippen LogP contribution in [0.15, 0.2) is 33.0 Å². The number of hydrogen-bond donors (Lipinski definition) is 1. The Bertz CT molecular complexity index is 1070. The summed E-state index contributed by atoms with van der Waals surface area (Å²) in [7, 11) is 0. The number of aromatic nitrogens is 4. The van der Waals surface area contributed by atoms with Crippen molar-refractivity contribution in [1.82, 2.24) is 19.5 Å². The number of nitrogens with zero attached hydrogens (tertiary/aromatic N) is 4. The molecule has 0 saturated heterocycles. The maximum atomic E-state index is 10.3. The molecular formula is C19H21BrN5O5SW-. The summed E-state index contributed by atoms with van der Waals surface area (Å²) in [6, 6.07) is 3.79. The number of benzene rings is 1. The number of nitrogen functional groups attached to an aromatic ring is 1. The molecule has 3 heterocycles. The SMILES string of the molecule is Nc1ncnc2c1nc(Sc1cc3c(cc1Br)OCO3)n2CCOCCCC[C-]=O.O.[W]. The Morgan fingerprint density at radius 1 is 1.22 bits per heavy atom. The maximum absolute atomic E-state index is 10.3. The maximum Gasteiger partial charge on any atom is 0.231 e. The monoisotopic (exact) mass is 694 g/mol. The number of hydrogen-bond acceptors (Lipinski definition) is 9. The van der Waals surface area contributed by atoms with E-state index < -0.39 is 0 Å². The van der Waals surface area contributed by atoms with Gasteiger partial charge in [0, 0.05) is 37.0 Å². The van der Waals surface area contributed by atoms with Crippen molar-refractivity contribution < 1.29 is 45.5 Å². The molecule has 4 N–H and O–H groups in total. The van der Waals surface area contributed by atoms with Crippen LogP contribution in [0.4, 0.5) is 5.82 Å². The molecule has 0 bridgehead atoms. The van der Waals surface area contributed by atoms with Gasteiger partial charge in [-0.15, -0.1) is 0 Å². The number of unbranched alkanes of at least 4 members (excludes halogenated alkanes) is 2. The summed E-state index contributed by atoms with van der Waals surface area (Å²) in [5, 5.41) is 0.718. The van der Waals surface area contributed by atoms with Crippen molar-refractivity contribution in [2.45, 2.75) is 35.9 Å². The van der Waals surface area contributed by atoms with Gasteiger partial charge in [-0.1, -0.05) is 18.2 Å². The van der Waals surface area contributed by atoms with Gasteiger partial charge in [-0.2, -0.15) is 6.42 Å². The van der Waals surface area contributed by atoms with Crippen molar-refractivity contribution in [3.05, 3.63) is 22.9 Å². The van der Waals surface area contributed by atoms with Crippen molar-refractivity contribution in [3.63, 3.8) is 0 Å². The van der Waals surface area contributed by atoms with Crippen molar-refractivity contribution in [1.29, 1.82) is 0 Å². The van der Waals surface area contributed by atoms with E-state index in [1.807, 2.05) is 23.0 Å². The molecule has 0 radical (unpaired) electrons. The van der Waals surface area contributed by atoms with E-state index in [-0.39, 0.29) is 33.3 Å². The normalized spacial score (nSPS) is 11.8. The van der Waals surface area contributed by atoms with Gasteiger partial charge in [-0.05, 0) is 34.5 Å². The zero-order valence-corrected chi connectivity index (χ0v) is 22.2. The Kier molecular flexibility index (Phi) is 10.4. The van der Waals surface area contributed by atoms with Crippen LogP contribution in [0.25, 0.3) is 11.2 Å². The number of nitrogens with two attached hydrogens (primary N) is 1. The molecule has 0 spiro atoms. The predicted octanol–water partition coefficient (Wildman–Crippen LogP) is 2.52. The number of anilines is 1. The van der Waals surface area contributed by atoms with Gasteiger partial charge < -0.3 is 34.8 Å². The van der Waals surface area contributed by atoms with Crippen molar-refractivity contribution in [2.75, 3.05) is 25.7 Å². The summed E-state index contributed by atoms with van der Waals surface area (Å²) < 4.78 is 19.5. The Balaban J connectivity index is 0.00000181. The second-order valence-corrected chi connectivity index (χ2v) is 8.29. The third-order valence-corrected chi connectivity index (χ3v) is 6.40. The topological polar surface area (TPSA) is 146 Å².